The molecule has 0 amide bonds. The number of nitrogens with one attached hydrogen (secondary N) is 1. The maximum absolute atomic E-state index is 11.5. The summed E-state index contributed by atoms with van der Waals surface area (Å²) in [5.41, 5.74) is 2.37. The Bertz CT molecular complexity index is 1380. The molecule has 0 atom stereocenters. The molecule has 0 saturated carbocycles. The van der Waals surface area contributed by atoms with Gasteiger partial charge >= 0.3 is 6.01 Å². The fraction of sp³-hybridized carbons (Fsp3) is 0.273. The Hall–Kier alpha value is -3.57. The molecule has 2 aromatic carbocycles. The molecule has 11 heteroatoms. The molecule has 2 aromatic heterocycles. The highest BCUT2D eigenvalue weighted by molar-refractivity contribution is 7.89. The van der Waals surface area contributed by atoms with Gasteiger partial charge in [0.1, 0.15) is 5.75 Å². The monoisotopic (exact) mass is 466 g/mol. The molecule has 5 rings (SSSR count). The summed E-state index contributed by atoms with van der Waals surface area (Å²) < 4.78 is 34.5. The molecule has 170 valence electrons. The predicted octanol–water partition coefficient (Wildman–Crippen LogP) is 2.59. The van der Waals surface area contributed by atoms with Crippen molar-refractivity contribution in [3.05, 3.63) is 54.2 Å². The fourth-order valence-corrected chi connectivity index (χ4v) is 4.44. The zero-order valence-corrected chi connectivity index (χ0v) is 18.7. The van der Waals surface area contributed by atoms with E-state index in [1.807, 2.05) is 23.1 Å². The normalized spacial score (nSPS) is 14.5. The summed E-state index contributed by atoms with van der Waals surface area (Å²) in [6, 6.07) is 12.8. The van der Waals surface area contributed by atoms with Gasteiger partial charge in [-0.15, -0.1) is 0 Å². The van der Waals surface area contributed by atoms with Crippen LogP contribution < -0.4 is 9.64 Å². The van der Waals surface area contributed by atoms with Crippen LogP contribution in [0, 0.1) is 0 Å². The first-order chi connectivity index (χ1) is 15.9. The lowest BCUT2D eigenvalue weighted by molar-refractivity contribution is 0.122. The number of anilines is 1. The maximum atomic E-state index is 11.5. The third kappa shape index (κ3) is 4.94. The number of aromatic amines is 1. The standard InChI is InChI=1S/C22H22N6O4S/c1-33(29,30)14-15-5-7-16(8-6-15)32-22-25-20(17-3-2-4-19-18(17)13-23-27-19)24-21(26-22)28-9-11-31-12-10-28/h2-8,13H,9-12,14H2,1H3,(H,23,27). The number of benzene rings is 2. The first kappa shape index (κ1) is 21.3. The number of fused-ring (bicyclic) bond motifs is 1. The van der Waals surface area contributed by atoms with Crippen molar-refractivity contribution >= 4 is 26.7 Å². The highest BCUT2D eigenvalue weighted by atomic mass is 32.2. The molecule has 33 heavy (non-hydrogen) atoms. The van der Waals surface area contributed by atoms with Crippen LogP contribution in [0.15, 0.2) is 48.7 Å². The molecule has 4 aromatic rings. The molecule has 0 aliphatic carbocycles. The third-order valence-corrected chi connectivity index (χ3v) is 6.04. The lowest BCUT2D eigenvalue weighted by Crippen LogP contribution is -2.37. The van der Waals surface area contributed by atoms with Crippen LogP contribution in [0.25, 0.3) is 22.3 Å². The second-order valence-corrected chi connectivity index (χ2v) is 9.93. The minimum absolute atomic E-state index is 0.0287. The highest BCUT2D eigenvalue weighted by Crippen LogP contribution is 2.29. The van der Waals surface area contributed by atoms with Crippen LogP contribution in [-0.4, -0.2) is 66.1 Å². The Morgan fingerprint density at radius 1 is 1.06 bits per heavy atom. The minimum atomic E-state index is -3.11. The Morgan fingerprint density at radius 2 is 1.85 bits per heavy atom. The first-order valence-corrected chi connectivity index (χ1v) is 12.5. The van der Waals surface area contributed by atoms with Crippen LogP contribution in [0.4, 0.5) is 5.95 Å². The third-order valence-electron chi connectivity index (χ3n) is 5.18. The van der Waals surface area contributed by atoms with Crippen LogP contribution >= 0.6 is 0 Å². The summed E-state index contributed by atoms with van der Waals surface area (Å²) in [6.07, 6.45) is 2.95. The topological polar surface area (TPSA) is 123 Å². The zero-order chi connectivity index (χ0) is 22.8. The van der Waals surface area contributed by atoms with Crippen LogP contribution in [0.3, 0.4) is 0 Å². The summed E-state index contributed by atoms with van der Waals surface area (Å²) in [5.74, 6) is 1.45. The Kier molecular flexibility index (Phi) is 5.65. The Labute approximate surface area is 190 Å². The van der Waals surface area contributed by atoms with Crippen molar-refractivity contribution in [1.29, 1.82) is 0 Å². The lowest BCUT2D eigenvalue weighted by Gasteiger charge is -2.27. The van der Waals surface area contributed by atoms with E-state index in [0.717, 1.165) is 16.5 Å². The number of aromatic nitrogens is 5. The number of ether oxygens (including phenoxy) is 2. The van der Waals surface area contributed by atoms with Crippen molar-refractivity contribution in [3.8, 4) is 23.1 Å². The second kappa shape index (κ2) is 8.75. The first-order valence-electron chi connectivity index (χ1n) is 10.4. The van der Waals surface area contributed by atoms with E-state index in [4.69, 9.17) is 14.5 Å². The summed E-state index contributed by atoms with van der Waals surface area (Å²) in [6.45, 7) is 2.52. The van der Waals surface area contributed by atoms with Crippen LogP contribution in [0.1, 0.15) is 5.56 Å². The minimum Gasteiger partial charge on any atom is -0.424 e. The van der Waals surface area contributed by atoms with Gasteiger partial charge in [-0.3, -0.25) is 5.10 Å². The van der Waals surface area contributed by atoms with Crippen molar-refractivity contribution in [2.45, 2.75) is 5.75 Å². The van der Waals surface area contributed by atoms with Crippen LogP contribution in [-0.2, 0) is 20.3 Å². The van der Waals surface area contributed by atoms with E-state index in [-0.39, 0.29) is 11.8 Å². The molecule has 1 aliphatic rings. The van der Waals surface area contributed by atoms with Gasteiger partial charge in [-0.2, -0.15) is 20.1 Å². The van der Waals surface area contributed by atoms with Gasteiger partial charge in [-0.05, 0) is 23.8 Å². The molecule has 1 N–H and O–H groups in total. The van der Waals surface area contributed by atoms with Gasteiger partial charge in [0.15, 0.2) is 15.7 Å². The van der Waals surface area contributed by atoms with Crippen LogP contribution in [0.2, 0.25) is 0 Å². The number of hydrogen-bond donors (Lipinski definition) is 1. The Morgan fingerprint density at radius 3 is 2.61 bits per heavy atom. The van der Waals surface area contributed by atoms with Gasteiger partial charge < -0.3 is 14.4 Å². The zero-order valence-electron chi connectivity index (χ0n) is 17.9. The largest absolute Gasteiger partial charge is 0.424 e. The lowest BCUT2D eigenvalue weighted by atomic mass is 10.1. The molecular weight excluding hydrogens is 444 g/mol. The molecule has 10 nitrogen and oxygen atoms in total. The van der Waals surface area contributed by atoms with Crippen molar-refractivity contribution in [1.82, 2.24) is 25.1 Å². The van der Waals surface area contributed by atoms with Crippen molar-refractivity contribution in [2.24, 2.45) is 0 Å². The fourth-order valence-electron chi connectivity index (χ4n) is 3.64. The number of morpholine rings is 1. The molecule has 0 spiro atoms. The number of rotatable bonds is 6. The highest BCUT2D eigenvalue weighted by Gasteiger charge is 2.19. The summed E-state index contributed by atoms with van der Waals surface area (Å²) in [4.78, 5) is 15.8. The van der Waals surface area contributed by atoms with Gasteiger partial charge in [-0.25, -0.2) is 8.42 Å². The molecule has 0 bridgehead atoms. The van der Waals surface area contributed by atoms with E-state index in [9.17, 15) is 8.42 Å². The summed E-state index contributed by atoms with van der Waals surface area (Å²) >= 11 is 0. The number of sulfone groups is 1. The molecule has 1 fully saturated rings. The van der Waals surface area contributed by atoms with E-state index >= 15 is 0 Å². The smallest absolute Gasteiger partial charge is 0.327 e. The summed E-state index contributed by atoms with van der Waals surface area (Å²) in [5, 5.41) is 7.98. The van der Waals surface area contributed by atoms with Crippen LogP contribution in [0.5, 0.6) is 11.8 Å². The number of hydrogen-bond acceptors (Lipinski definition) is 9. The second-order valence-electron chi connectivity index (χ2n) is 7.79. The average Bonchev–Trinajstić information content (AvgIpc) is 3.29. The average molecular weight is 467 g/mol. The number of H-pyrrole nitrogens is 1. The molecule has 1 aliphatic heterocycles. The van der Waals surface area contributed by atoms with Gasteiger partial charge in [0, 0.05) is 30.3 Å². The van der Waals surface area contributed by atoms with Gasteiger partial charge in [-0.1, -0.05) is 24.3 Å². The van der Waals surface area contributed by atoms with Crippen molar-refractivity contribution < 1.29 is 17.9 Å². The van der Waals surface area contributed by atoms with Crippen molar-refractivity contribution in [2.75, 3.05) is 37.5 Å². The van der Waals surface area contributed by atoms with E-state index < -0.39 is 9.84 Å². The van der Waals surface area contributed by atoms with Gasteiger partial charge in [0.25, 0.3) is 0 Å². The molecular formula is C22H22N6O4S. The van der Waals surface area contributed by atoms with Gasteiger partial charge in [0.2, 0.25) is 5.95 Å². The van der Waals surface area contributed by atoms with E-state index in [1.54, 1.807) is 30.5 Å². The summed E-state index contributed by atoms with van der Waals surface area (Å²) in [7, 11) is -3.11. The molecule has 0 radical (unpaired) electrons. The molecule has 0 unspecified atom stereocenters. The predicted molar refractivity (Wildman–Crippen MR) is 123 cm³/mol. The molecule has 3 heterocycles. The Balaban J connectivity index is 1.51. The molecule has 1 saturated heterocycles. The van der Waals surface area contributed by atoms with E-state index in [1.165, 1.54) is 6.26 Å². The quantitative estimate of drug-likeness (QED) is 0.457. The number of nitrogens with zero attached hydrogens (tertiary/aromatic N) is 5. The van der Waals surface area contributed by atoms with E-state index in [0.29, 0.717) is 49.4 Å². The van der Waals surface area contributed by atoms with Gasteiger partial charge in [0.05, 0.1) is 30.7 Å². The maximum Gasteiger partial charge on any atom is 0.327 e. The van der Waals surface area contributed by atoms with E-state index in [2.05, 4.69) is 20.2 Å². The SMILES string of the molecule is CS(=O)(=O)Cc1ccc(Oc2nc(-c3cccc4[nH]ncc34)nc(N3CCOCC3)n2)cc1. The van der Waals surface area contributed by atoms with Crippen molar-refractivity contribution in [3.63, 3.8) is 0 Å².